The fourth-order valence-electron chi connectivity index (χ4n) is 2.32. The number of ether oxygens (including phenoxy) is 2. The molecule has 0 saturated carbocycles. The van der Waals surface area contributed by atoms with Gasteiger partial charge < -0.3 is 14.8 Å². The van der Waals surface area contributed by atoms with Crippen molar-refractivity contribution in [2.75, 3.05) is 19.8 Å². The van der Waals surface area contributed by atoms with Crippen LogP contribution in [0.4, 0.5) is 0 Å². The van der Waals surface area contributed by atoms with Crippen LogP contribution in [0, 0.1) is 0 Å². The number of aromatic nitrogens is 2. The highest BCUT2D eigenvalue weighted by Crippen LogP contribution is 2.24. The van der Waals surface area contributed by atoms with Crippen molar-refractivity contribution in [1.29, 1.82) is 0 Å². The van der Waals surface area contributed by atoms with Gasteiger partial charge in [0.1, 0.15) is 0 Å². The maximum atomic E-state index is 5.54. The second-order valence-corrected chi connectivity index (χ2v) is 4.81. The van der Waals surface area contributed by atoms with E-state index in [1.165, 1.54) is 5.69 Å². The van der Waals surface area contributed by atoms with Gasteiger partial charge in [0.05, 0.1) is 24.9 Å². The third kappa shape index (κ3) is 3.10. The maximum absolute atomic E-state index is 5.54. The lowest BCUT2D eigenvalue weighted by atomic mass is 10.1. The van der Waals surface area contributed by atoms with Crippen LogP contribution in [0.2, 0.25) is 0 Å². The Hall–Kier alpha value is -0.910. The number of hydrogen-bond donors (Lipinski definition) is 1. The molecule has 1 aliphatic heterocycles. The first kappa shape index (κ1) is 13.5. The molecule has 5 heteroatoms. The molecule has 1 N–H and O–H groups in total. The van der Waals surface area contributed by atoms with Crippen LogP contribution in [0.3, 0.4) is 0 Å². The fourth-order valence-corrected chi connectivity index (χ4v) is 2.32. The third-order valence-electron chi connectivity index (χ3n) is 3.12. The molecule has 1 fully saturated rings. The number of rotatable bonds is 6. The van der Waals surface area contributed by atoms with Gasteiger partial charge in [-0.05, 0) is 26.5 Å². The van der Waals surface area contributed by atoms with E-state index >= 15 is 0 Å². The summed E-state index contributed by atoms with van der Waals surface area (Å²) in [7, 11) is 0. The summed E-state index contributed by atoms with van der Waals surface area (Å²) < 4.78 is 13.1. The average molecular weight is 253 g/mol. The molecule has 102 valence electrons. The van der Waals surface area contributed by atoms with Gasteiger partial charge in [-0.25, -0.2) is 0 Å². The predicted octanol–water partition coefficient (Wildman–Crippen LogP) is 1.88. The van der Waals surface area contributed by atoms with Crippen LogP contribution in [0.25, 0.3) is 0 Å². The Bertz CT molecular complexity index is 359. The summed E-state index contributed by atoms with van der Waals surface area (Å²) in [6.07, 6.45) is 2.59. The lowest BCUT2D eigenvalue weighted by molar-refractivity contribution is -0.0534. The van der Waals surface area contributed by atoms with Crippen molar-refractivity contribution >= 4 is 0 Å². The summed E-state index contributed by atoms with van der Waals surface area (Å²) in [5.41, 5.74) is 1.20. The first-order valence-corrected chi connectivity index (χ1v) is 6.72. The molecule has 0 spiro atoms. The quantitative estimate of drug-likeness (QED) is 0.841. The van der Waals surface area contributed by atoms with Gasteiger partial charge in [-0.2, -0.15) is 5.10 Å². The molecule has 0 amide bonds. The van der Waals surface area contributed by atoms with Gasteiger partial charge in [0.25, 0.3) is 0 Å². The SMILES string of the molecule is CCNC(CC1OCCO1)c1ccnn1C(C)C. The zero-order valence-corrected chi connectivity index (χ0v) is 11.4. The lowest BCUT2D eigenvalue weighted by Gasteiger charge is -2.23. The summed E-state index contributed by atoms with van der Waals surface area (Å²) in [4.78, 5) is 0. The first-order chi connectivity index (χ1) is 8.72. The average Bonchev–Trinajstić information content (AvgIpc) is 2.99. The Morgan fingerprint density at radius 3 is 2.78 bits per heavy atom. The van der Waals surface area contributed by atoms with Gasteiger partial charge in [0, 0.05) is 18.7 Å². The van der Waals surface area contributed by atoms with Gasteiger partial charge in [-0.15, -0.1) is 0 Å². The topological polar surface area (TPSA) is 48.3 Å². The predicted molar refractivity (Wildman–Crippen MR) is 69.3 cm³/mol. The van der Waals surface area contributed by atoms with Crippen molar-refractivity contribution in [2.45, 2.75) is 45.6 Å². The van der Waals surface area contributed by atoms with E-state index in [2.05, 4.69) is 41.9 Å². The van der Waals surface area contributed by atoms with Crippen LogP contribution in [-0.4, -0.2) is 35.8 Å². The van der Waals surface area contributed by atoms with Crippen LogP contribution in [-0.2, 0) is 9.47 Å². The molecule has 0 aliphatic carbocycles. The molecule has 0 aromatic carbocycles. The molecule has 2 rings (SSSR count). The van der Waals surface area contributed by atoms with Crippen molar-refractivity contribution in [3.05, 3.63) is 18.0 Å². The Kier molecular flexibility index (Phi) is 4.74. The zero-order chi connectivity index (χ0) is 13.0. The van der Waals surface area contributed by atoms with Crippen molar-refractivity contribution in [3.8, 4) is 0 Å². The van der Waals surface area contributed by atoms with Crippen LogP contribution in [0.5, 0.6) is 0 Å². The van der Waals surface area contributed by atoms with E-state index in [4.69, 9.17) is 9.47 Å². The molecule has 1 aromatic heterocycles. The van der Waals surface area contributed by atoms with Crippen molar-refractivity contribution in [3.63, 3.8) is 0 Å². The monoisotopic (exact) mass is 253 g/mol. The van der Waals surface area contributed by atoms with E-state index in [1.807, 2.05) is 6.20 Å². The minimum Gasteiger partial charge on any atom is -0.350 e. The Morgan fingerprint density at radius 2 is 2.17 bits per heavy atom. The first-order valence-electron chi connectivity index (χ1n) is 6.72. The fraction of sp³-hybridized carbons (Fsp3) is 0.769. The van der Waals surface area contributed by atoms with Crippen molar-refractivity contribution in [2.24, 2.45) is 0 Å². The van der Waals surface area contributed by atoms with E-state index < -0.39 is 0 Å². The lowest BCUT2D eigenvalue weighted by Crippen LogP contribution is -2.28. The zero-order valence-electron chi connectivity index (χ0n) is 11.4. The Morgan fingerprint density at radius 1 is 1.44 bits per heavy atom. The number of nitrogens with one attached hydrogen (secondary N) is 1. The number of hydrogen-bond acceptors (Lipinski definition) is 4. The molecule has 1 aromatic rings. The van der Waals surface area contributed by atoms with E-state index in [9.17, 15) is 0 Å². The second kappa shape index (κ2) is 6.31. The Balaban J connectivity index is 2.09. The third-order valence-corrected chi connectivity index (χ3v) is 3.12. The Labute approximate surface area is 108 Å². The van der Waals surface area contributed by atoms with Crippen LogP contribution in [0.15, 0.2) is 12.3 Å². The van der Waals surface area contributed by atoms with Crippen LogP contribution in [0.1, 0.15) is 45.0 Å². The molecule has 1 atom stereocenters. The summed E-state index contributed by atoms with van der Waals surface area (Å²) in [6, 6.07) is 2.66. The van der Waals surface area contributed by atoms with Crippen LogP contribution < -0.4 is 5.32 Å². The highest BCUT2D eigenvalue weighted by Gasteiger charge is 2.24. The molecule has 0 bridgehead atoms. The number of nitrogens with zero attached hydrogens (tertiary/aromatic N) is 2. The van der Waals surface area contributed by atoms with Gasteiger partial charge >= 0.3 is 0 Å². The largest absolute Gasteiger partial charge is 0.350 e. The molecule has 1 saturated heterocycles. The van der Waals surface area contributed by atoms with Gasteiger partial charge in [-0.1, -0.05) is 6.92 Å². The normalized spacial score (nSPS) is 18.7. The highest BCUT2D eigenvalue weighted by molar-refractivity contribution is 5.08. The maximum Gasteiger partial charge on any atom is 0.159 e. The molecule has 1 aliphatic rings. The van der Waals surface area contributed by atoms with E-state index in [0.29, 0.717) is 19.3 Å². The summed E-state index contributed by atoms with van der Waals surface area (Å²) in [5.74, 6) is 0. The molecular weight excluding hydrogens is 230 g/mol. The summed E-state index contributed by atoms with van der Waals surface area (Å²) >= 11 is 0. The van der Waals surface area contributed by atoms with E-state index in [0.717, 1.165) is 13.0 Å². The molecule has 1 unspecified atom stereocenters. The van der Waals surface area contributed by atoms with Crippen LogP contribution >= 0.6 is 0 Å². The van der Waals surface area contributed by atoms with Gasteiger partial charge in [-0.3, -0.25) is 4.68 Å². The smallest absolute Gasteiger partial charge is 0.159 e. The molecule has 2 heterocycles. The van der Waals surface area contributed by atoms with Crippen molar-refractivity contribution < 1.29 is 9.47 Å². The van der Waals surface area contributed by atoms with Gasteiger partial charge in [0.2, 0.25) is 0 Å². The standard InChI is InChI=1S/C13H23N3O2/c1-4-14-11(9-13-17-7-8-18-13)12-5-6-15-16(12)10(2)3/h5-6,10-11,13-14H,4,7-9H2,1-3H3. The molecule has 18 heavy (non-hydrogen) atoms. The van der Waals surface area contributed by atoms with Crippen molar-refractivity contribution in [1.82, 2.24) is 15.1 Å². The van der Waals surface area contributed by atoms with E-state index in [-0.39, 0.29) is 12.3 Å². The minimum absolute atomic E-state index is 0.0930. The van der Waals surface area contributed by atoms with E-state index in [1.54, 1.807) is 0 Å². The molecule has 0 radical (unpaired) electrons. The molecular formula is C13H23N3O2. The highest BCUT2D eigenvalue weighted by atomic mass is 16.7. The second-order valence-electron chi connectivity index (χ2n) is 4.81. The summed E-state index contributed by atoms with van der Waals surface area (Å²) in [6.45, 7) is 8.71. The summed E-state index contributed by atoms with van der Waals surface area (Å²) in [5, 5.41) is 7.87. The molecule has 5 nitrogen and oxygen atoms in total. The minimum atomic E-state index is -0.0930. The van der Waals surface area contributed by atoms with Gasteiger partial charge in [0.15, 0.2) is 6.29 Å².